The number of hydrogen-bond acceptors (Lipinski definition) is 2. The van der Waals surface area contributed by atoms with E-state index in [4.69, 9.17) is 0 Å². The normalized spacial score (nSPS) is 41.8. The molecule has 0 heterocycles. The predicted octanol–water partition coefficient (Wildman–Crippen LogP) is 5.06. The van der Waals surface area contributed by atoms with E-state index in [1.807, 2.05) is 30.3 Å². The summed E-state index contributed by atoms with van der Waals surface area (Å²) in [7, 11) is 0. The van der Waals surface area contributed by atoms with Gasteiger partial charge in [-0.2, -0.15) is 0 Å². The number of aliphatic hydroxyl groups is 1. The van der Waals surface area contributed by atoms with Crippen LogP contribution in [0.4, 0.5) is 0 Å². The van der Waals surface area contributed by atoms with Gasteiger partial charge in [0, 0.05) is 17.4 Å². The number of benzene rings is 1. The van der Waals surface area contributed by atoms with Crippen molar-refractivity contribution in [1.29, 1.82) is 0 Å². The van der Waals surface area contributed by atoms with Gasteiger partial charge in [-0.15, -0.1) is 0 Å². The largest absolute Gasteiger partial charge is 0.388 e. The molecule has 0 spiro atoms. The summed E-state index contributed by atoms with van der Waals surface area (Å²) >= 11 is 0. The van der Waals surface area contributed by atoms with Gasteiger partial charge in [-0.1, -0.05) is 55.9 Å². The maximum absolute atomic E-state index is 12.6. The average molecular weight is 375 g/mol. The summed E-state index contributed by atoms with van der Waals surface area (Å²) in [4.78, 5) is 12.6. The fourth-order valence-electron chi connectivity index (χ4n) is 6.90. The van der Waals surface area contributed by atoms with Crippen LogP contribution in [0, 0.1) is 34.5 Å². The second-order valence-corrected chi connectivity index (χ2v) is 9.75. The molecule has 0 aromatic heterocycles. The van der Waals surface area contributed by atoms with Crippen molar-refractivity contribution in [1.82, 2.24) is 0 Å². The lowest BCUT2D eigenvalue weighted by molar-refractivity contribution is -0.129. The van der Waals surface area contributed by atoms with E-state index in [-0.39, 0.29) is 5.41 Å². The molecule has 2 heteroatoms. The molecule has 0 amide bonds. The number of ketones is 1. The van der Waals surface area contributed by atoms with E-state index in [0.717, 1.165) is 63.4 Å². The topological polar surface area (TPSA) is 37.3 Å². The van der Waals surface area contributed by atoms with Crippen LogP contribution in [-0.4, -0.2) is 16.5 Å². The van der Waals surface area contributed by atoms with Crippen LogP contribution in [-0.2, 0) is 4.79 Å². The van der Waals surface area contributed by atoms with Crippen LogP contribution in [0.5, 0.6) is 0 Å². The summed E-state index contributed by atoms with van der Waals surface area (Å²) in [6.45, 7) is 2.18. The maximum atomic E-state index is 12.6. The molecule has 1 aromatic carbocycles. The molecule has 0 bridgehead atoms. The average Bonchev–Trinajstić information content (AvgIpc) is 3.02. The molecule has 0 aliphatic heterocycles. The first-order chi connectivity index (χ1) is 13.5. The van der Waals surface area contributed by atoms with Gasteiger partial charge in [0.2, 0.25) is 0 Å². The number of allylic oxidation sites excluding steroid dienone is 1. The Hall–Kier alpha value is -1.85. The first kappa shape index (κ1) is 18.2. The van der Waals surface area contributed by atoms with E-state index in [1.165, 1.54) is 5.57 Å². The monoisotopic (exact) mass is 374 g/mol. The summed E-state index contributed by atoms with van der Waals surface area (Å²) in [5.41, 5.74) is 1.06. The minimum Gasteiger partial charge on any atom is -0.388 e. The zero-order valence-corrected chi connectivity index (χ0v) is 16.8. The first-order valence-electron chi connectivity index (χ1n) is 11.0. The molecule has 4 aliphatic carbocycles. The Morgan fingerprint density at radius 1 is 1.07 bits per heavy atom. The molecule has 2 nitrogen and oxygen atoms in total. The van der Waals surface area contributed by atoms with Gasteiger partial charge in [-0.25, -0.2) is 0 Å². The quantitative estimate of drug-likeness (QED) is 0.509. The molecule has 5 atom stereocenters. The van der Waals surface area contributed by atoms with Gasteiger partial charge < -0.3 is 5.11 Å². The molecule has 0 unspecified atom stereocenters. The van der Waals surface area contributed by atoms with E-state index in [2.05, 4.69) is 24.8 Å². The Bertz CT molecular complexity index is 888. The molecule has 28 heavy (non-hydrogen) atoms. The molecule has 1 aromatic rings. The summed E-state index contributed by atoms with van der Waals surface area (Å²) in [6, 6.07) is 10.2. The van der Waals surface area contributed by atoms with Crippen molar-refractivity contribution in [3.8, 4) is 11.8 Å². The van der Waals surface area contributed by atoms with Crippen LogP contribution < -0.4 is 0 Å². The molecule has 3 saturated carbocycles. The lowest BCUT2D eigenvalue weighted by Gasteiger charge is -2.58. The summed E-state index contributed by atoms with van der Waals surface area (Å²) < 4.78 is 0. The summed E-state index contributed by atoms with van der Waals surface area (Å²) in [6.07, 6.45) is 10.7. The molecule has 3 fully saturated rings. The number of rotatable bonds is 0. The van der Waals surface area contributed by atoms with E-state index in [1.54, 1.807) is 0 Å². The second-order valence-electron chi connectivity index (χ2n) is 9.75. The van der Waals surface area contributed by atoms with Crippen molar-refractivity contribution in [2.45, 2.75) is 70.3 Å². The highest BCUT2D eigenvalue weighted by Crippen LogP contribution is 2.64. The van der Waals surface area contributed by atoms with E-state index in [0.29, 0.717) is 17.6 Å². The Balaban J connectivity index is 1.63. The van der Waals surface area contributed by atoms with Crippen LogP contribution >= 0.6 is 0 Å². The number of Topliss-reactive ketones (excluding diaryl/α,β-unsaturated/α-hetero) is 1. The Labute approximate surface area is 168 Å². The lowest BCUT2D eigenvalue weighted by Crippen LogP contribution is -2.57. The van der Waals surface area contributed by atoms with Gasteiger partial charge in [0.25, 0.3) is 0 Å². The van der Waals surface area contributed by atoms with E-state index in [9.17, 15) is 9.90 Å². The zero-order valence-electron chi connectivity index (χ0n) is 16.8. The van der Waals surface area contributed by atoms with Crippen LogP contribution in [0.25, 0.3) is 0 Å². The number of hydrogen-bond donors (Lipinski definition) is 1. The highest BCUT2D eigenvalue weighted by molar-refractivity contribution is 5.87. The molecule has 5 rings (SSSR count). The SMILES string of the molecule is C[C@]12CC=C3[C@@H](CC[C@@]4(O)CCCC[C@]34C#Cc3ccccc3)[C@@H]1CCC2=O. The first-order valence-corrected chi connectivity index (χ1v) is 11.0. The van der Waals surface area contributed by atoms with Crippen LogP contribution in [0.3, 0.4) is 0 Å². The Morgan fingerprint density at radius 2 is 1.86 bits per heavy atom. The fourth-order valence-corrected chi connectivity index (χ4v) is 6.90. The van der Waals surface area contributed by atoms with Gasteiger partial charge in [0.05, 0.1) is 11.0 Å². The summed E-state index contributed by atoms with van der Waals surface area (Å²) in [5, 5.41) is 11.8. The Kier molecular flexibility index (Phi) is 4.11. The predicted molar refractivity (Wildman–Crippen MR) is 110 cm³/mol. The van der Waals surface area contributed by atoms with Crippen molar-refractivity contribution >= 4 is 5.78 Å². The second kappa shape index (κ2) is 6.33. The minimum atomic E-state index is -0.717. The summed E-state index contributed by atoms with van der Waals surface area (Å²) in [5.74, 6) is 8.36. The molecule has 1 N–H and O–H groups in total. The molecule has 146 valence electrons. The zero-order chi connectivity index (χ0) is 19.4. The number of fused-ring (bicyclic) bond motifs is 5. The van der Waals surface area contributed by atoms with Crippen molar-refractivity contribution in [3.05, 3.63) is 47.5 Å². The highest BCUT2D eigenvalue weighted by atomic mass is 16.3. The van der Waals surface area contributed by atoms with Crippen LogP contribution in [0.2, 0.25) is 0 Å². The molecular weight excluding hydrogens is 344 g/mol. The fraction of sp³-hybridized carbons (Fsp3) is 0.577. The molecule has 0 saturated heterocycles. The van der Waals surface area contributed by atoms with Gasteiger partial charge in [0.15, 0.2) is 0 Å². The maximum Gasteiger partial charge on any atom is 0.139 e. The smallest absolute Gasteiger partial charge is 0.139 e. The minimum absolute atomic E-state index is 0.188. The molecule has 0 radical (unpaired) electrons. The van der Waals surface area contributed by atoms with Gasteiger partial charge in [-0.05, 0) is 68.1 Å². The Morgan fingerprint density at radius 3 is 2.68 bits per heavy atom. The number of carbonyl (C=O) groups excluding carboxylic acids is 1. The van der Waals surface area contributed by atoms with Crippen LogP contribution in [0.1, 0.15) is 70.3 Å². The van der Waals surface area contributed by atoms with E-state index < -0.39 is 11.0 Å². The number of carbonyl (C=O) groups is 1. The van der Waals surface area contributed by atoms with E-state index >= 15 is 0 Å². The van der Waals surface area contributed by atoms with Crippen molar-refractivity contribution in [2.24, 2.45) is 22.7 Å². The third-order valence-electron chi connectivity index (χ3n) is 8.51. The van der Waals surface area contributed by atoms with Gasteiger partial charge in [-0.3, -0.25) is 4.79 Å². The third kappa shape index (κ3) is 2.42. The lowest BCUT2D eigenvalue weighted by atomic mass is 9.47. The van der Waals surface area contributed by atoms with Gasteiger partial charge in [0.1, 0.15) is 5.78 Å². The highest BCUT2D eigenvalue weighted by Gasteiger charge is 2.62. The molecule has 4 aliphatic rings. The van der Waals surface area contributed by atoms with Gasteiger partial charge >= 0.3 is 0 Å². The standard InChI is InChI=1S/C26H30O2/c1-24-16-13-22-20(21(24)9-10-23(24)27)12-18-26(28)15-6-5-14-25(22,26)17-11-19-7-3-2-4-8-19/h2-4,7-8,13,20-21,28H,5-6,9-10,12,14-16,18H2,1H3/t20-,21-,24-,25-,26-/m0/s1. The van der Waals surface area contributed by atoms with Crippen molar-refractivity contribution in [2.75, 3.05) is 0 Å². The van der Waals surface area contributed by atoms with Crippen molar-refractivity contribution < 1.29 is 9.90 Å². The van der Waals surface area contributed by atoms with Crippen LogP contribution in [0.15, 0.2) is 42.0 Å². The van der Waals surface area contributed by atoms with Crippen molar-refractivity contribution in [3.63, 3.8) is 0 Å². The third-order valence-corrected chi connectivity index (χ3v) is 8.51. The molecular formula is C26H30O2.